The minimum absolute atomic E-state index is 0.174. The summed E-state index contributed by atoms with van der Waals surface area (Å²) < 4.78 is 6.99. The van der Waals surface area contributed by atoms with Crippen LogP contribution in [-0.4, -0.2) is 40.1 Å². The topological polar surface area (TPSA) is 62.7 Å². The molecule has 0 saturated carbocycles. The first-order valence-corrected chi connectivity index (χ1v) is 9.91. The lowest BCUT2D eigenvalue weighted by Crippen LogP contribution is -2.34. The van der Waals surface area contributed by atoms with E-state index in [9.17, 15) is 4.79 Å². The monoisotopic (exact) mass is 384 g/mol. The van der Waals surface area contributed by atoms with Gasteiger partial charge < -0.3 is 14.7 Å². The maximum Gasteiger partial charge on any atom is 0.304 e. The molecule has 0 fully saturated rings. The quantitative estimate of drug-likeness (QED) is 0.573. The Morgan fingerprint density at radius 2 is 1.89 bits per heavy atom. The molecule has 3 aromatic rings. The summed E-state index contributed by atoms with van der Waals surface area (Å²) in [6.45, 7) is 5.60. The molecule has 142 valence electrons. The average Bonchev–Trinajstić information content (AvgIpc) is 3.04. The summed E-state index contributed by atoms with van der Waals surface area (Å²) in [5, 5.41) is 9.52. The van der Waals surface area contributed by atoms with Gasteiger partial charge in [0.05, 0.1) is 16.6 Å². The van der Waals surface area contributed by atoms with Crippen LogP contribution in [0.25, 0.3) is 10.2 Å². The molecule has 0 aliphatic heterocycles. The van der Waals surface area contributed by atoms with Crippen LogP contribution in [-0.2, 0) is 11.2 Å². The standard InChI is InChI=1S/C21H24N2O3S/c1-15(2)23(14-12-20(24)25)13-11-16-7-9-17(10-8-16)26-21-22-18-5-3-4-6-19(18)27-21/h3-10,15H,11-14H2,1-2H3,(H,24,25). The van der Waals surface area contributed by atoms with Crippen molar-refractivity contribution in [1.82, 2.24) is 9.88 Å². The molecule has 0 amide bonds. The second kappa shape index (κ2) is 8.97. The van der Waals surface area contributed by atoms with Crippen molar-refractivity contribution >= 4 is 27.5 Å². The lowest BCUT2D eigenvalue weighted by atomic mass is 10.1. The fourth-order valence-electron chi connectivity index (χ4n) is 2.86. The molecular formula is C21H24N2O3S. The van der Waals surface area contributed by atoms with E-state index < -0.39 is 5.97 Å². The zero-order valence-corrected chi connectivity index (χ0v) is 16.4. The van der Waals surface area contributed by atoms with Crippen molar-refractivity contribution in [3.63, 3.8) is 0 Å². The Morgan fingerprint density at radius 3 is 2.56 bits per heavy atom. The summed E-state index contributed by atoms with van der Waals surface area (Å²) in [6, 6.07) is 16.3. The molecular weight excluding hydrogens is 360 g/mol. The first-order chi connectivity index (χ1) is 13.0. The Bertz CT molecular complexity index is 857. The van der Waals surface area contributed by atoms with Gasteiger partial charge in [-0.2, -0.15) is 0 Å². The van der Waals surface area contributed by atoms with E-state index in [0.29, 0.717) is 17.8 Å². The van der Waals surface area contributed by atoms with Crippen molar-refractivity contribution in [1.29, 1.82) is 0 Å². The third kappa shape index (κ3) is 5.52. The highest BCUT2D eigenvalue weighted by molar-refractivity contribution is 7.20. The normalized spacial score (nSPS) is 11.4. The molecule has 0 radical (unpaired) electrons. The lowest BCUT2D eigenvalue weighted by molar-refractivity contribution is -0.137. The number of hydrogen-bond acceptors (Lipinski definition) is 5. The Morgan fingerprint density at radius 1 is 1.15 bits per heavy atom. The number of carboxylic acid groups (broad SMARTS) is 1. The molecule has 0 aliphatic carbocycles. The molecule has 1 aromatic heterocycles. The molecule has 0 unspecified atom stereocenters. The van der Waals surface area contributed by atoms with Crippen LogP contribution in [0.5, 0.6) is 10.9 Å². The van der Waals surface area contributed by atoms with Crippen molar-refractivity contribution in [3.8, 4) is 10.9 Å². The van der Waals surface area contributed by atoms with E-state index in [4.69, 9.17) is 9.84 Å². The number of aromatic nitrogens is 1. The average molecular weight is 385 g/mol. The van der Waals surface area contributed by atoms with Crippen molar-refractivity contribution in [2.75, 3.05) is 13.1 Å². The van der Waals surface area contributed by atoms with Crippen LogP contribution in [0, 0.1) is 0 Å². The number of carboxylic acids is 1. The molecule has 0 bridgehead atoms. The van der Waals surface area contributed by atoms with Gasteiger partial charge in [-0.1, -0.05) is 35.6 Å². The van der Waals surface area contributed by atoms with Gasteiger partial charge in [-0.3, -0.25) is 4.79 Å². The van der Waals surface area contributed by atoms with Crippen LogP contribution in [0.1, 0.15) is 25.8 Å². The van der Waals surface area contributed by atoms with Gasteiger partial charge in [-0.25, -0.2) is 4.98 Å². The lowest BCUT2D eigenvalue weighted by Gasteiger charge is -2.25. The van der Waals surface area contributed by atoms with Crippen molar-refractivity contribution in [2.45, 2.75) is 32.7 Å². The van der Waals surface area contributed by atoms with Gasteiger partial charge in [0.25, 0.3) is 5.19 Å². The Labute approximate surface area is 163 Å². The van der Waals surface area contributed by atoms with Gasteiger partial charge in [-0.15, -0.1) is 0 Å². The number of fused-ring (bicyclic) bond motifs is 1. The van der Waals surface area contributed by atoms with E-state index in [0.717, 1.165) is 28.9 Å². The predicted octanol–water partition coefficient (Wildman–Crippen LogP) is 4.82. The Hall–Kier alpha value is -2.44. The predicted molar refractivity (Wildman–Crippen MR) is 109 cm³/mol. The van der Waals surface area contributed by atoms with Crippen LogP contribution in [0.15, 0.2) is 48.5 Å². The van der Waals surface area contributed by atoms with E-state index in [1.54, 1.807) is 0 Å². The SMILES string of the molecule is CC(C)N(CCC(=O)O)CCc1ccc(Oc2nc3ccccc3s2)cc1. The number of carbonyl (C=O) groups is 1. The van der Waals surface area contributed by atoms with Crippen LogP contribution in [0.2, 0.25) is 0 Å². The number of nitrogens with zero attached hydrogens (tertiary/aromatic N) is 2. The van der Waals surface area contributed by atoms with Crippen molar-refractivity contribution in [2.24, 2.45) is 0 Å². The number of rotatable bonds is 9. The maximum atomic E-state index is 10.8. The number of benzene rings is 2. The fraction of sp³-hybridized carbons (Fsp3) is 0.333. The maximum absolute atomic E-state index is 10.8. The molecule has 2 aromatic carbocycles. The number of para-hydroxylation sites is 1. The summed E-state index contributed by atoms with van der Waals surface area (Å²) in [4.78, 5) is 17.5. The van der Waals surface area contributed by atoms with E-state index >= 15 is 0 Å². The molecule has 6 heteroatoms. The summed E-state index contributed by atoms with van der Waals surface area (Å²) in [7, 11) is 0. The largest absolute Gasteiger partial charge is 0.481 e. The summed E-state index contributed by atoms with van der Waals surface area (Å²) in [5.41, 5.74) is 2.15. The Balaban J connectivity index is 1.57. The summed E-state index contributed by atoms with van der Waals surface area (Å²) >= 11 is 1.53. The van der Waals surface area contributed by atoms with Crippen LogP contribution in [0.4, 0.5) is 0 Å². The fourth-order valence-corrected chi connectivity index (χ4v) is 3.69. The summed E-state index contributed by atoms with van der Waals surface area (Å²) in [6.07, 6.45) is 1.05. The number of aliphatic carboxylic acids is 1. The highest BCUT2D eigenvalue weighted by atomic mass is 32.1. The molecule has 1 heterocycles. The van der Waals surface area contributed by atoms with Crippen molar-refractivity contribution in [3.05, 3.63) is 54.1 Å². The highest BCUT2D eigenvalue weighted by Gasteiger charge is 2.11. The van der Waals surface area contributed by atoms with Crippen LogP contribution >= 0.6 is 11.3 Å². The highest BCUT2D eigenvalue weighted by Crippen LogP contribution is 2.31. The molecule has 0 spiro atoms. The Kier molecular flexibility index (Phi) is 6.42. The van der Waals surface area contributed by atoms with Crippen LogP contribution in [0.3, 0.4) is 0 Å². The molecule has 0 saturated heterocycles. The third-order valence-corrected chi connectivity index (χ3v) is 5.35. The molecule has 0 atom stereocenters. The molecule has 3 rings (SSSR count). The molecule has 0 aliphatic rings. The number of ether oxygens (including phenoxy) is 1. The van der Waals surface area contributed by atoms with Gasteiger partial charge in [0, 0.05) is 19.1 Å². The first kappa shape index (κ1) is 19.3. The first-order valence-electron chi connectivity index (χ1n) is 9.09. The third-order valence-electron chi connectivity index (χ3n) is 4.43. The van der Waals surface area contributed by atoms with E-state index in [-0.39, 0.29) is 6.42 Å². The van der Waals surface area contributed by atoms with Gasteiger partial charge in [-0.05, 0) is 50.1 Å². The van der Waals surface area contributed by atoms with E-state index in [1.165, 1.54) is 16.9 Å². The number of thiazole rings is 1. The zero-order chi connectivity index (χ0) is 19.2. The van der Waals surface area contributed by atoms with E-state index in [1.807, 2.05) is 36.4 Å². The number of hydrogen-bond donors (Lipinski definition) is 1. The molecule has 1 N–H and O–H groups in total. The minimum atomic E-state index is -0.753. The van der Waals surface area contributed by atoms with E-state index in [2.05, 4.69) is 35.9 Å². The second-order valence-electron chi connectivity index (χ2n) is 6.72. The van der Waals surface area contributed by atoms with Gasteiger partial charge in [0.15, 0.2) is 0 Å². The van der Waals surface area contributed by atoms with Gasteiger partial charge in [0.1, 0.15) is 5.75 Å². The molecule has 27 heavy (non-hydrogen) atoms. The minimum Gasteiger partial charge on any atom is -0.481 e. The summed E-state index contributed by atoms with van der Waals surface area (Å²) in [5.74, 6) is 0.0152. The smallest absolute Gasteiger partial charge is 0.304 e. The van der Waals surface area contributed by atoms with Gasteiger partial charge >= 0.3 is 5.97 Å². The van der Waals surface area contributed by atoms with Crippen LogP contribution < -0.4 is 4.74 Å². The molecule has 5 nitrogen and oxygen atoms in total. The zero-order valence-electron chi connectivity index (χ0n) is 15.6. The second-order valence-corrected chi connectivity index (χ2v) is 7.71. The van der Waals surface area contributed by atoms with Gasteiger partial charge in [0.2, 0.25) is 0 Å². The van der Waals surface area contributed by atoms with Crippen molar-refractivity contribution < 1.29 is 14.6 Å².